The Morgan fingerprint density at radius 1 is 1.44 bits per heavy atom. The number of rotatable bonds is 2. The lowest BCUT2D eigenvalue weighted by Gasteiger charge is -2.32. The van der Waals surface area contributed by atoms with E-state index in [0.29, 0.717) is 17.0 Å². The van der Waals surface area contributed by atoms with Gasteiger partial charge in [-0.05, 0) is 24.3 Å². The van der Waals surface area contributed by atoms with Crippen molar-refractivity contribution in [2.75, 3.05) is 16.4 Å². The van der Waals surface area contributed by atoms with Gasteiger partial charge in [-0.3, -0.25) is 9.69 Å². The number of hydrogen-bond donors (Lipinski definition) is 1. The molecule has 1 aromatic rings. The van der Waals surface area contributed by atoms with Crippen LogP contribution in [0.3, 0.4) is 0 Å². The highest BCUT2D eigenvalue weighted by Gasteiger charge is 2.34. The number of aliphatic carboxylic acids is 1. The van der Waals surface area contributed by atoms with E-state index >= 15 is 0 Å². The molecule has 0 spiro atoms. The van der Waals surface area contributed by atoms with Crippen LogP contribution in [0.25, 0.3) is 0 Å². The van der Waals surface area contributed by atoms with Gasteiger partial charge >= 0.3 is 5.97 Å². The topological polar surface area (TPSA) is 81.4 Å². The van der Waals surface area contributed by atoms with Gasteiger partial charge in [-0.15, -0.1) is 11.8 Å². The summed E-state index contributed by atoms with van der Waals surface area (Å²) in [6, 6.07) is 7.48. The van der Waals surface area contributed by atoms with Gasteiger partial charge in [0.1, 0.15) is 6.04 Å². The first-order valence-corrected chi connectivity index (χ1v) is 6.41. The van der Waals surface area contributed by atoms with E-state index in [2.05, 4.69) is 0 Å². The molecule has 1 fully saturated rings. The summed E-state index contributed by atoms with van der Waals surface area (Å²) in [7, 11) is 0. The molecule has 0 bridgehead atoms. The van der Waals surface area contributed by atoms with Crippen LogP contribution in [0.15, 0.2) is 24.3 Å². The Balaban J connectivity index is 2.34. The fraction of sp³-hybridized carbons (Fsp3) is 0.250. The van der Waals surface area contributed by atoms with E-state index in [9.17, 15) is 9.59 Å². The Bertz CT molecular complexity index is 521. The third-order valence-electron chi connectivity index (χ3n) is 2.64. The van der Waals surface area contributed by atoms with Crippen molar-refractivity contribution in [3.8, 4) is 6.07 Å². The van der Waals surface area contributed by atoms with Gasteiger partial charge in [-0.25, -0.2) is 4.79 Å². The average Bonchev–Trinajstić information content (AvgIpc) is 2.38. The van der Waals surface area contributed by atoms with Crippen LogP contribution in [0.2, 0.25) is 0 Å². The number of benzene rings is 1. The number of carboxylic acid groups (broad SMARTS) is 1. The molecule has 1 heterocycles. The van der Waals surface area contributed by atoms with Gasteiger partial charge in [0.05, 0.1) is 17.4 Å². The minimum Gasteiger partial charge on any atom is -0.480 e. The number of thioether (sulfide) groups is 1. The molecule has 1 aliphatic rings. The fourth-order valence-corrected chi connectivity index (χ4v) is 2.72. The van der Waals surface area contributed by atoms with E-state index in [1.807, 2.05) is 6.07 Å². The number of carbonyl (C=O) groups is 2. The molecule has 6 heteroatoms. The summed E-state index contributed by atoms with van der Waals surface area (Å²) in [5, 5.41) is 17.8. The van der Waals surface area contributed by atoms with Crippen LogP contribution in [0, 0.1) is 11.3 Å². The van der Waals surface area contributed by atoms with E-state index in [4.69, 9.17) is 10.4 Å². The molecule has 1 amide bonds. The largest absolute Gasteiger partial charge is 0.480 e. The lowest BCUT2D eigenvalue weighted by Crippen LogP contribution is -2.50. The zero-order valence-electron chi connectivity index (χ0n) is 9.37. The molecular formula is C12H10N2O3S. The van der Waals surface area contributed by atoms with Crippen molar-refractivity contribution in [2.45, 2.75) is 6.04 Å². The Morgan fingerprint density at radius 3 is 2.67 bits per heavy atom. The molecule has 0 aliphatic carbocycles. The number of carbonyl (C=O) groups excluding carboxylic acids is 1. The minimum atomic E-state index is -1.01. The predicted octanol–water partition coefficient (Wildman–Crippen LogP) is 1.09. The normalized spacial score (nSPS) is 19.4. The van der Waals surface area contributed by atoms with Gasteiger partial charge in [-0.2, -0.15) is 5.26 Å². The zero-order chi connectivity index (χ0) is 13.1. The zero-order valence-corrected chi connectivity index (χ0v) is 10.2. The second-order valence-electron chi connectivity index (χ2n) is 3.79. The number of carboxylic acids is 1. The first kappa shape index (κ1) is 12.5. The molecule has 1 saturated heterocycles. The van der Waals surface area contributed by atoms with Gasteiger partial charge in [-0.1, -0.05) is 0 Å². The lowest BCUT2D eigenvalue weighted by atomic mass is 10.1. The van der Waals surface area contributed by atoms with Crippen molar-refractivity contribution < 1.29 is 14.7 Å². The van der Waals surface area contributed by atoms with Crippen LogP contribution in [0.5, 0.6) is 0 Å². The third kappa shape index (κ3) is 2.31. The van der Waals surface area contributed by atoms with Crippen LogP contribution >= 0.6 is 11.8 Å². The van der Waals surface area contributed by atoms with Gasteiger partial charge in [0, 0.05) is 11.4 Å². The van der Waals surface area contributed by atoms with Gasteiger partial charge < -0.3 is 5.11 Å². The summed E-state index contributed by atoms with van der Waals surface area (Å²) in [4.78, 5) is 24.3. The summed E-state index contributed by atoms with van der Waals surface area (Å²) in [5.41, 5.74) is 0.996. The summed E-state index contributed by atoms with van der Waals surface area (Å²) in [6.07, 6.45) is 0. The summed E-state index contributed by atoms with van der Waals surface area (Å²) in [6.45, 7) is 0. The highest BCUT2D eigenvalue weighted by Crippen LogP contribution is 2.25. The van der Waals surface area contributed by atoms with Crippen molar-refractivity contribution in [2.24, 2.45) is 0 Å². The predicted molar refractivity (Wildman–Crippen MR) is 67.4 cm³/mol. The number of anilines is 1. The Labute approximate surface area is 108 Å². The highest BCUT2D eigenvalue weighted by molar-refractivity contribution is 8.00. The molecule has 1 aliphatic heterocycles. The fourth-order valence-electron chi connectivity index (χ4n) is 1.78. The van der Waals surface area contributed by atoms with Crippen molar-refractivity contribution in [3.05, 3.63) is 29.8 Å². The van der Waals surface area contributed by atoms with E-state index in [0.717, 1.165) is 0 Å². The Morgan fingerprint density at radius 2 is 2.11 bits per heavy atom. The second kappa shape index (κ2) is 5.10. The van der Waals surface area contributed by atoms with Crippen molar-refractivity contribution in [1.29, 1.82) is 5.26 Å². The van der Waals surface area contributed by atoms with E-state index in [-0.39, 0.29) is 11.7 Å². The molecule has 5 nitrogen and oxygen atoms in total. The molecular weight excluding hydrogens is 252 g/mol. The SMILES string of the molecule is N#Cc1ccc(N2C(=O)CSCC2C(=O)O)cc1. The van der Waals surface area contributed by atoms with Gasteiger partial charge in [0.25, 0.3) is 0 Å². The summed E-state index contributed by atoms with van der Waals surface area (Å²) in [5.74, 6) is -0.575. The van der Waals surface area contributed by atoms with Crippen LogP contribution in [-0.2, 0) is 9.59 Å². The van der Waals surface area contributed by atoms with Gasteiger partial charge in [0.2, 0.25) is 5.91 Å². The monoisotopic (exact) mass is 262 g/mol. The number of nitriles is 1. The average molecular weight is 262 g/mol. The quantitative estimate of drug-likeness (QED) is 0.862. The number of amides is 1. The standard InChI is InChI=1S/C12H10N2O3S/c13-5-8-1-3-9(4-2-8)14-10(12(16)17)6-18-7-11(14)15/h1-4,10H,6-7H2,(H,16,17). The number of nitrogens with zero attached hydrogens (tertiary/aromatic N) is 2. The Kier molecular flexibility index (Phi) is 3.53. The molecule has 0 aromatic heterocycles. The maximum Gasteiger partial charge on any atom is 0.327 e. The third-order valence-corrected chi connectivity index (χ3v) is 3.64. The van der Waals surface area contributed by atoms with Crippen molar-refractivity contribution in [3.63, 3.8) is 0 Å². The number of hydrogen-bond acceptors (Lipinski definition) is 4. The Hall–Kier alpha value is -2.00. The van der Waals surface area contributed by atoms with E-state index in [1.54, 1.807) is 24.3 Å². The van der Waals surface area contributed by atoms with Crippen molar-refractivity contribution in [1.82, 2.24) is 0 Å². The molecule has 92 valence electrons. The van der Waals surface area contributed by atoms with Crippen LogP contribution in [-0.4, -0.2) is 34.5 Å². The lowest BCUT2D eigenvalue weighted by molar-refractivity contribution is -0.139. The smallest absolute Gasteiger partial charge is 0.327 e. The molecule has 1 atom stereocenters. The second-order valence-corrected chi connectivity index (χ2v) is 4.82. The van der Waals surface area contributed by atoms with Crippen molar-refractivity contribution >= 4 is 29.3 Å². The van der Waals surface area contributed by atoms with Crippen LogP contribution in [0.1, 0.15) is 5.56 Å². The maximum absolute atomic E-state index is 11.8. The molecule has 0 radical (unpaired) electrons. The summed E-state index contributed by atoms with van der Waals surface area (Å²) >= 11 is 1.32. The molecule has 1 aromatic carbocycles. The molecule has 2 rings (SSSR count). The molecule has 1 N–H and O–H groups in total. The molecule has 18 heavy (non-hydrogen) atoms. The van der Waals surface area contributed by atoms with Crippen LogP contribution in [0.4, 0.5) is 5.69 Å². The highest BCUT2D eigenvalue weighted by atomic mass is 32.2. The first-order chi connectivity index (χ1) is 8.63. The van der Waals surface area contributed by atoms with E-state index in [1.165, 1.54) is 16.7 Å². The van der Waals surface area contributed by atoms with E-state index < -0.39 is 12.0 Å². The summed E-state index contributed by atoms with van der Waals surface area (Å²) < 4.78 is 0. The van der Waals surface area contributed by atoms with Crippen LogP contribution < -0.4 is 4.90 Å². The van der Waals surface area contributed by atoms with Gasteiger partial charge in [0.15, 0.2) is 0 Å². The molecule has 1 unspecified atom stereocenters. The minimum absolute atomic E-state index is 0.219. The maximum atomic E-state index is 11.8. The first-order valence-electron chi connectivity index (χ1n) is 5.26. The molecule has 0 saturated carbocycles.